The van der Waals surface area contributed by atoms with E-state index >= 15 is 0 Å². The van der Waals surface area contributed by atoms with Crippen LogP contribution in [0.5, 0.6) is 5.75 Å². The smallest absolute Gasteiger partial charge is 0.143 e. The van der Waals surface area contributed by atoms with E-state index in [-0.39, 0.29) is 5.75 Å². The molecule has 0 atom stereocenters. The number of hydrogen-bond donors (Lipinski definition) is 1. The summed E-state index contributed by atoms with van der Waals surface area (Å²) in [5.41, 5.74) is 1.20. The Labute approximate surface area is 145 Å². The van der Waals surface area contributed by atoms with Gasteiger partial charge in [0.2, 0.25) is 0 Å². The van der Waals surface area contributed by atoms with Crippen molar-refractivity contribution in [2.75, 3.05) is 32.7 Å². The van der Waals surface area contributed by atoms with Crippen LogP contribution in [0.15, 0.2) is 21.1 Å². The first kappa shape index (κ1) is 18.9. The van der Waals surface area contributed by atoms with Crippen LogP contribution in [0.25, 0.3) is 0 Å². The van der Waals surface area contributed by atoms with Gasteiger partial charge in [0.05, 0.1) is 8.95 Å². The molecule has 1 N–H and O–H groups in total. The summed E-state index contributed by atoms with van der Waals surface area (Å²) in [6.07, 6.45) is 1.19. The Hall–Kier alpha value is -0.100. The van der Waals surface area contributed by atoms with Gasteiger partial charge >= 0.3 is 0 Å². The summed E-state index contributed by atoms with van der Waals surface area (Å²) in [6.45, 7) is 13.1. The summed E-state index contributed by atoms with van der Waals surface area (Å²) in [5.74, 6) is 0.267. The lowest BCUT2D eigenvalue weighted by Gasteiger charge is -2.23. The first-order valence-electron chi connectivity index (χ1n) is 7.63. The molecule has 0 amide bonds. The van der Waals surface area contributed by atoms with E-state index in [2.05, 4.69) is 62.4 Å². The molecule has 0 aliphatic carbocycles. The molecule has 21 heavy (non-hydrogen) atoms. The van der Waals surface area contributed by atoms with E-state index in [1.54, 1.807) is 0 Å². The average Bonchev–Trinajstić information content (AvgIpc) is 2.47. The SMILES string of the molecule is CCN(CC)CCCN(CC)Cc1cc(Br)c(O)c(Br)c1. The molecule has 0 saturated heterocycles. The Morgan fingerprint density at radius 2 is 1.38 bits per heavy atom. The summed E-state index contributed by atoms with van der Waals surface area (Å²) in [4.78, 5) is 4.90. The van der Waals surface area contributed by atoms with Crippen molar-refractivity contribution in [3.05, 3.63) is 26.6 Å². The maximum Gasteiger partial charge on any atom is 0.143 e. The van der Waals surface area contributed by atoms with E-state index in [0.717, 1.165) is 48.2 Å². The molecule has 0 heterocycles. The van der Waals surface area contributed by atoms with Gasteiger partial charge in [-0.05, 0) is 88.7 Å². The second kappa shape index (κ2) is 9.82. The first-order valence-corrected chi connectivity index (χ1v) is 9.21. The van der Waals surface area contributed by atoms with Crippen molar-refractivity contribution in [2.24, 2.45) is 0 Å². The van der Waals surface area contributed by atoms with Gasteiger partial charge in [-0.25, -0.2) is 0 Å². The van der Waals surface area contributed by atoms with E-state index in [4.69, 9.17) is 0 Å². The van der Waals surface area contributed by atoms with Gasteiger partial charge in [0, 0.05) is 6.54 Å². The number of hydrogen-bond acceptors (Lipinski definition) is 3. The minimum atomic E-state index is 0.267. The van der Waals surface area contributed by atoms with Gasteiger partial charge in [-0.3, -0.25) is 4.90 Å². The molecule has 0 unspecified atom stereocenters. The third-order valence-corrected chi connectivity index (χ3v) is 4.98. The molecule has 0 aromatic heterocycles. The Bertz CT molecular complexity index is 413. The van der Waals surface area contributed by atoms with Gasteiger partial charge in [0.25, 0.3) is 0 Å². The van der Waals surface area contributed by atoms with E-state index in [9.17, 15) is 5.11 Å². The minimum Gasteiger partial charge on any atom is -0.506 e. The van der Waals surface area contributed by atoms with Gasteiger partial charge in [0.15, 0.2) is 0 Å². The second-order valence-corrected chi connectivity index (χ2v) is 6.87. The van der Waals surface area contributed by atoms with Crippen LogP contribution in [-0.4, -0.2) is 47.6 Å². The molecule has 0 radical (unpaired) electrons. The fourth-order valence-corrected chi connectivity index (χ4v) is 3.66. The Kier molecular flexibility index (Phi) is 8.86. The Balaban J connectivity index is 2.54. The van der Waals surface area contributed by atoms with Crippen LogP contribution >= 0.6 is 31.9 Å². The molecule has 0 aliphatic heterocycles. The van der Waals surface area contributed by atoms with E-state index in [0.29, 0.717) is 0 Å². The van der Waals surface area contributed by atoms with Crippen molar-refractivity contribution in [1.82, 2.24) is 9.80 Å². The molecule has 0 aliphatic rings. The summed E-state index contributed by atoms with van der Waals surface area (Å²) >= 11 is 6.79. The molecule has 1 rings (SSSR count). The summed E-state index contributed by atoms with van der Waals surface area (Å²) in [7, 11) is 0. The molecule has 1 aromatic rings. The topological polar surface area (TPSA) is 26.7 Å². The molecule has 0 saturated carbocycles. The maximum absolute atomic E-state index is 9.77. The standard InChI is InChI=1S/C16H26Br2N2O/c1-4-19(5-2)8-7-9-20(6-3)12-13-10-14(17)16(21)15(18)11-13/h10-11,21H,4-9,12H2,1-3H3. The lowest BCUT2D eigenvalue weighted by atomic mass is 10.2. The lowest BCUT2D eigenvalue weighted by molar-refractivity contribution is 0.238. The van der Waals surface area contributed by atoms with Crippen LogP contribution in [0.4, 0.5) is 0 Å². The summed E-state index contributed by atoms with van der Waals surface area (Å²) in [6, 6.07) is 3.99. The van der Waals surface area contributed by atoms with Crippen LogP contribution < -0.4 is 0 Å². The average molecular weight is 422 g/mol. The van der Waals surface area contributed by atoms with Gasteiger partial charge < -0.3 is 10.0 Å². The summed E-state index contributed by atoms with van der Waals surface area (Å²) < 4.78 is 1.48. The van der Waals surface area contributed by atoms with Crippen molar-refractivity contribution < 1.29 is 5.11 Å². The lowest BCUT2D eigenvalue weighted by Crippen LogP contribution is -2.29. The minimum absolute atomic E-state index is 0.267. The number of phenolic OH excluding ortho intramolecular Hbond substituents is 1. The van der Waals surface area contributed by atoms with Gasteiger partial charge in [-0.15, -0.1) is 0 Å². The van der Waals surface area contributed by atoms with Crippen LogP contribution in [0.2, 0.25) is 0 Å². The van der Waals surface area contributed by atoms with Gasteiger partial charge in [-0.2, -0.15) is 0 Å². The van der Waals surface area contributed by atoms with Crippen molar-refractivity contribution in [2.45, 2.75) is 33.7 Å². The molecule has 1 aromatic carbocycles. The number of phenols is 1. The normalized spacial score (nSPS) is 11.6. The molecule has 3 nitrogen and oxygen atoms in total. The zero-order valence-electron chi connectivity index (χ0n) is 13.2. The van der Waals surface area contributed by atoms with E-state index < -0.39 is 0 Å². The highest BCUT2D eigenvalue weighted by Crippen LogP contribution is 2.33. The maximum atomic E-state index is 9.77. The van der Waals surface area contributed by atoms with Crippen molar-refractivity contribution in [1.29, 1.82) is 0 Å². The van der Waals surface area contributed by atoms with Crippen LogP contribution in [0, 0.1) is 0 Å². The second-order valence-electron chi connectivity index (χ2n) is 5.16. The molecule has 0 spiro atoms. The Morgan fingerprint density at radius 1 is 0.905 bits per heavy atom. The Morgan fingerprint density at radius 3 is 1.86 bits per heavy atom. The molecular weight excluding hydrogens is 396 g/mol. The summed E-state index contributed by atoms with van der Waals surface area (Å²) in [5, 5.41) is 9.77. The highest BCUT2D eigenvalue weighted by Gasteiger charge is 2.09. The number of rotatable bonds is 9. The quantitative estimate of drug-likeness (QED) is 0.637. The number of aromatic hydroxyl groups is 1. The monoisotopic (exact) mass is 420 g/mol. The number of benzene rings is 1. The largest absolute Gasteiger partial charge is 0.506 e. The predicted octanol–water partition coefficient (Wildman–Crippen LogP) is 4.47. The van der Waals surface area contributed by atoms with Crippen LogP contribution in [0.3, 0.4) is 0 Å². The zero-order valence-corrected chi connectivity index (χ0v) is 16.4. The van der Waals surface area contributed by atoms with Crippen molar-refractivity contribution in [3.63, 3.8) is 0 Å². The molecule has 5 heteroatoms. The number of halogens is 2. The predicted molar refractivity (Wildman–Crippen MR) is 96.9 cm³/mol. The fourth-order valence-electron chi connectivity index (χ4n) is 2.37. The zero-order chi connectivity index (χ0) is 15.8. The third-order valence-electron chi connectivity index (χ3n) is 3.77. The molecule has 0 fully saturated rings. The van der Waals surface area contributed by atoms with Crippen LogP contribution in [0.1, 0.15) is 32.8 Å². The van der Waals surface area contributed by atoms with Crippen molar-refractivity contribution in [3.8, 4) is 5.75 Å². The van der Waals surface area contributed by atoms with Gasteiger partial charge in [-0.1, -0.05) is 20.8 Å². The number of nitrogens with zero attached hydrogens (tertiary/aromatic N) is 2. The van der Waals surface area contributed by atoms with Crippen LogP contribution in [-0.2, 0) is 6.54 Å². The first-order chi connectivity index (χ1) is 10.0. The third kappa shape index (κ3) is 6.27. The highest BCUT2D eigenvalue weighted by atomic mass is 79.9. The molecule has 120 valence electrons. The van der Waals surface area contributed by atoms with E-state index in [1.165, 1.54) is 12.0 Å². The highest BCUT2D eigenvalue weighted by molar-refractivity contribution is 9.11. The molecule has 0 bridgehead atoms. The molecular formula is C16H26Br2N2O. The van der Waals surface area contributed by atoms with E-state index in [1.807, 2.05) is 12.1 Å². The fraction of sp³-hybridized carbons (Fsp3) is 0.625. The van der Waals surface area contributed by atoms with Gasteiger partial charge in [0.1, 0.15) is 5.75 Å². The van der Waals surface area contributed by atoms with Crippen molar-refractivity contribution >= 4 is 31.9 Å².